The molecular weight excluding hydrogens is 456 g/mol. The van der Waals surface area contributed by atoms with E-state index in [0.29, 0.717) is 44.0 Å². The van der Waals surface area contributed by atoms with Gasteiger partial charge in [0, 0.05) is 68.8 Å². The zero-order chi connectivity index (χ0) is 23.9. The van der Waals surface area contributed by atoms with Crippen LogP contribution in [0.5, 0.6) is 0 Å². The van der Waals surface area contributed by atoms with Crippen LogP contribution in [0.25, 0.3) is 0 Å². The van der Waals surface area contributed by atoms with Crippen LogP contribution in [0.4, 0.5) is 13.6 Å². The highest BCUT2D eigenvalue weighted by Gasteiger charge is 2.50. The zero-order valence-corrected chi connectivity index (χ0v) is 19.2. The number of carboxylic acid groups (broad SMARTS) is 1. The number of benzene rings is 1. The number of alkyl halides is 2. The van der Waals surface area contributed by atoms with E-state index in [-0.39, 0.29) is 42.5 Å². The lowest BCUT2D eigenvalue weighted by atomic mass is 9.80. The van der Waals surface area contributed by atoms with Gasteiger partial charge in [-0.05, 0) is 30.5 Å². The first-order chi connectivity index (χ1) is 15.6. The van der Waals surface area contributed by atoms with Gasteiger partial charge in [-0.15, -0.1) is 0 Å². The Morgan fingerprint density at radius 3 is 2.12 bits per heavy atom. The molecule has 1 saturated carbocycles. The minimum absolute atomic E-state index is 0.0440. The number of amides is 3. The van der Waals surface area contributed by atoms with Crippen LogP contribution in [0.15, 0.2) is 24.3 Å². The quantitative estimate of drug-likeness (QED) is 0.710. The Morgan fingerprint density at radius 1 is 1.00 bits per heavy atom. The van der Waals surface area contributed by atoms with Crippen LogP contribution in [0.1, 0.15) is 37.2 Å². The van der Waals surface area contributed by atoms with Gasteiger partial charge in [-0.3, -0.25) is 9.59 Å². The Hall–Kier alpha value is -2.42. The van der Waals surface area contributed by atoms with Crippen LogP contribution in [0.3, 0.4) is 0 Å². The summed E-state index contributed by atoms with van der Waals surface area (Å²) >= 11 is 5.99. The van der Waals surface area contributed by atoms with E-state index in [2.05, 4.69) is 0 Å². The summed E-state index contributed by atoms with van der Waals surface area (Å²) in [5.41, 5.74) is 0.922. The van der Waals surface area contributed by atoms with Crippen LogP contribution in [-0.2, 0) is 9.59 Å². The maximum atomic E-state index is 13.3. The first-order valence-corrected chi connectivity index (χ1v) is 11.6. The number of likely N-dealkylation sites (N-methyl/N-ethyl adjacent to an activating group) is 1. The van der Waals surface area contributed by atoms with Crippen LogP contribution >= 0.6 is 11.6 Å². The van der Waals surface area contributed by atoms with Crippen molar-refractivity contribution in [1.29, 1.82) is 0 Å². The maximum absolute atomic E-state index is 13.3. The third kappa shape index (κ3) is 4.93. The van der Waals surface area contributed by atoms with E-state index in [1.165, 1.54) is 11.9 Å². The molecule has 1 aliphatic carbocycles. The van der Waals surface area contributed by atoms with Crippen molar-refractivity contribution in [2.24, 2.45) is 11.8 Å². The van der Waals surface area contributed by atoms with Crippen molar-refractivity contribution in [3.05, 3.63) is 34.9 Å². The number of carbonyl (C=O) groups excluding carboxylic acids is 2. The predicted molar refractivity (Wildman–Crippen MR) is 117 cm³/mol. The summed E-state index contributed by atoms with van der Waals surface area (Å²) in [6, 6.07) is 6.85. The van der Waals surface area contributed by atoms with Crippen LogP contribution in [0.2, 0.25) is 5.02 Å². The molecule has 1 aromatic rings. The van der Waals surface area contributed by atoms with Crippen molar-refractivity contribution in [2.45, 2.75) is 43.6 Å². The van der Waals surface area contributed by atoms with E-state index in [1.807, 2.05) is 12.1 Å². The molecule has 2 heterocycles. The topological polar surface area (TPSA) is 81.2 Å². The van der Waals surface area contributed by atoms with Crippen molar-refractivity contribution in [3.8, 4) is 0 Å². The van der Waals surface area contributed by atoms with Gasteiger partial charge in [-0.25, -0.2) is 13.6 Å². The number of nitrogens with zero attached hydrogens (tertiary/aromatic N) is 3. The summed E-state index contributed by atoms with van der Waals surface area (Å²) < 4.78 is 26.2. The van der Waals surface area contributed by atoms with Gasteiger partial charge >= 0.3 is 6.09 Å². The summed E-state index contributed by atoms with van der Waals surface area (Å²) in [4.78, 5) is 41.9. The Labute approximate surface area is 196 Å². The lowest BCUT2D eigenvalue weighted by Gasteiger charge is -2.40. The minimum atomic E-state index is -2.73. The second-order valence-electron chi connectivity index (χ2n) is 9.42. The third-order valence-corrected chi connectivity index (χ3v) is 7.55. The SMILES string of the molecule is CN(C(=O)O)[C@@H]1CN(C(=O)C2CCN(C(=O)C3CC(F)(F)C3)CC2)C[C@H]1c1ccc(Cl)cc1. The number of piperidine rings is 1. The third-order valence-electron chi connectivity index (χ3n) is 7.29. The van der Waals surface area contributed by atoms with E-state index >= 15 is 0 Å². The fourth-order valence-corrected chi connectivity index (χ4v) is 5.36. The summed E-state index contributed by atoms with van der Waals surface area (Å²) in [5, 5.41) is 10.1. The zero-order valence-electron chi connectivity index (χ0n) is 18.4. The average Bonchev–Trinajstić information content (AvgIpc) is 3.21. The van der Waals surface area contributed by atoms with Crippen molar-refractivity contribution < 1.29 is 28.3 Å². The van der Waals surface area contributed by atoms with Crippen LogP contribution < -0.4 is 0 Å². The number of hydrogen-bond donors (Lipinski definition) is 1. The molecule has 33 heavy (non-hydrogen) atoms. The van der Waals surface area contributed by atoms with Gasteiger partial charge in [0.25, 0.3) is 0 Å². The summed E-state index contributed by atoms with van der Waals surface area (Å²) in [7, 11) is 1.51. The van der Waals surface area contributed by atoms with Gasteiger partial charge in [0.2, 0.25) is 17.7 Å². The molecule has 0 radical (unpaired) electrons. The van der Waals surface area contributed by atoms with Crippen LogP contribution in [-0.4, -0.2) is 82.9 Å². The largest absolute Gasteiger partial charge is 0.465 e. The Bertz CT molecular complexity index is 913. The monoisotopic (exact) mass is 483 g/mol. The number of hydrogen-bond acceptors (Lipinski definition) is 3. The second-order valence-corrected chi connectivity index (χ2v) is 9.86. The lowest BCUT2D eigenvalue weighted by Crippen LogP contribution is -2.50. The highest BCUT2D eigenvalue weighted by atomic mass is 35.5. The highest BCUT2D eigenvalue weighted by Crippen LogP contribution is 2.43. The Balaban J connectivity index is 1.38. The molecule has 3 fully saturated rings. The van der Waals surface area contributed by atoms with Crippen LogP contribution in [0, 0.1) is 11.8 Å². The Kier molecular flexibility index (Phi) is 6.53. The standard InChI is InChI=1S/C23H28ClF2N3O4/c1-27(22(32)33)19-13-29(12-18(19)14-2-4-17(24)5-3-14)20(30)15-6-8-28(9-7-15)21(31)16-10-23(25,26)11-16/h2-5,15-16,18-19H,6-13H2,1H3,(H,32,33)/t18-,19+/m0/s1. The molecule has 2 aliphatic heterocycles. The molecule has 0 unspecified atom stereocenters. The van der Waals surface area contributed by atoms with Gasteiger partial charge in [-0.1, -0.05) is 23.7 Å². The molecule has 2 saturated heterocycles. The Morgan fingerprint density at radius 2 is 1.58 bits per heavy atom. The fourth-order valence-electron chi connectivity index (χ4n) is 5.24. The van der Waals surface area contributed by atoms with Gasteiger partial charge in [0.05, 0.1) is 6.04 Å². The molecule has 180 valence electrons. The molecule has 1 aromatic carbocycles. The van der Waals surface area contributed by atoms with Gasteiger partial charge in [0.1, 0.15) is 0 Å². The highest BCUT2D eigenvalue weighted by molar-refractivity contribution is 6.30. The average molecular weight is 484 g/mol. The fraction of sp³-hybridized carbons (Fsp3) is 0.609. The van der Waals surface area contributed by atoms with E-state index in [0.717, 1.165) is 5.56 Å². The normalized spacial score (nSPS) is 25.6. The van der Waals surface area contributed by atoms with E-state index in [1.54, 1.807) is 21.9 Å². The van der Waals surface area contributed by atoms with Gasteiger partial charge in [0.15, 0.2) is 0 Å². The van der Waals surface area contributed by atoms with Crippen molar-refractivity contribution in [2.75, 3.05) is 33.2 Å². The molecule has 1 N–H and O–H groups in total. The molecule has 4 rings (SSSR count). The number of halogens is 3. The minimum Gasteiger partial charge on any atom is -0.465 e. The molecule has 2 atom stereocenters. The molecule has 7 nitrogen and oxygen atoms in total. The lowest BCUT2D eigenvalue weighted by molar-refractivity contribution is -0.161. The van der Waals surface area contributed by atoms with Crippen molar-refractivity contribution in [1.82, 2.24) is 14.7 Å². The predicted octanol–water partition coefficient (Wildman–Crippen LogP) is 3.53. The van der Waals surface area contributed by atoms with Gasteiger partial charge < -0.3 is 19.8 Å². The van der Waals surface area contributed by atoms with Crippen molar-refractivity contribution in [3.63, 3.8) is 0 Å². The second kappa shape index (κ2) is 9.08. The molecule has 10 heteroatoms. The maximum Gasteiger partial charge on any atom is 0.407 e. The first-order valence-electron chi connectivity index (χ1n) is 11.2. The number of rotatable bonds is 4. The number of carbonyl (C=O) groups is 3. The first kappa shape index (κ1) is 23.7. The van der Waals surface area contributed by atoms with E-state index in [4.69, 9.17) is 11.6 Å². The van der Waals surface area contributed by atoms with Crippen molar-refractivity contribution >= 4 is 29.5 Å². The number of likely N-dealkylation sites (tertiary alicyclic amines) is 2. The summed E-state index contributed by atoms with van der Waals surface area (Å²) in [6.45, 7) is 1.46. The molecule has 0 aromatic heterocycles. The molecular formula is C23H28ClF2N3O4. The molecule has 3 amide bonds. The van der Waals surface area contributed by atoms with E-state index in [9.17, 15) is 28.3 Å². The van der Waals surface area contributed by atoms with Gasteiger partial charge in [-0.2, -0.15) is 0 Å². The molecule has 0 spiro atoms. The molecule has 0 bridgehead atoms. The smallest absolute Gasteiger partial charge is 0.407 e. The molecule has 3 aliphatic rings. The summed E-state index contributed by atoms with van der Waals surface area (Å²) in [5.74, 6) is -4.06. The van der Waals surface area contributed by atoms with E-state index < -0.39 is 17.9 Å². The summed E-state index contributed by atoms with van der Waals surface area (Å²) in [6.07, 6.45) is -0.863.